The van der Waals surface area contributed by atoms with Gasteiger partial charge in [-0.05, 0) is 42.5 Å². The van der Waals surface area contributed by atoms with Crippen molar-refractivity contribution in [1.29, 1.82) is 0 Å². The number of halogens is 1. The maximum Gasteiger partial charge on any atom is 0.246 e. The van der Waals surface area contributed by atoms with Gasteiger partial charge in [0.25, 0.3) is 0 Å². The number of carbonyl (C=O) groups is 1. The molecule has 0 saturated carbocycles. The lowest BCUT2D eigenvalue weighted by atomic mass is 9.99. The van der Waals surface area contributed by atoms with Crippen LogP contribution in [0.4, 0.5) is 0 Å². The summed E-state index contributed by atoms with van der Waals surface area (Å²) in [7, 11) is 0. The molecule has 3 rings (SSSR count). The van der Waals surface area contributed by atoms with Crippen molar-refractivity contribution >= 4 is 23.6 Å². The van der Waals surface area contributed by atoms with Crippen LogP contribution in [0.15, 0.2) is 18.2 Å². The van der Waals surface area contributed by atoms with Gasteiger partial charge < -0.3 is 14.4 Å². The first-order chi connectivity index (χ1) is 10.1. The van der Waals surface area contributed by atoms with Gasteiger partial charge in [0, 0.05) is 19.2 Å². The Morgan fingerprint density at radius 3 is 2.86 bits per heavy atom. The number of amides is 1. The standard InChI is InChI=1S/C16H18ClNO3/c1-11-4-6-18(7-5-11)15(19)3-2-12-8-13(17)16-14(9-12)20-10-21-16/h2-3,8-9,11H,4-7,10H2,1H3/b3-2+. The minimum absolute atomic E-state index is 0.0516. The third-order valence-corrected chi connectivity index (χ3v) is 4.24. The molecule has 1 fully saturated rings. The fourth-order valence-corrected chi connectivity index (χ4v) is 2.86. The summed E-state index contributed by atoms with van der Waals surface area (Å²) < 4.78 is 10.6. The molecule has 4 nitrogen and oxygen atoms in total. The minimum Gasteiger partial charge on any atom is -0.454 e. The average Bonchev–Trinajstić information content (AvgIpc) is 2.94. The number of rotatable bonds is 2. The fourth-order valence-electron chi connectivity index (χ4n) is 2.59. The van der Waals surface area contributed by atoms with E-state index < -0.39 is 0 Å². The first-order valence-corrected chi connectivity index (χ1v) is 7.57. The van der Waals surface area contributed by atoms with Crippen LogP contribution in [0.3, 0.4) is 0 Å². The van der Waals surface area contributed by atoms with Crippen molar-refractivity contribution in [3.63, 3.8) is 0 Å². The number of piperidine rings is 1. The van der Waals surface area contributed by atoms with Gasteiger partial charge in [0.15, 0.2) is 11.5 Å². The maximum atomic E-state index is 12.1. The van der Waals surface area contributed by atoms with Crippen molar-refractivity contribution in [2.75, 3.05) is 19.9 Å². The lowest BCUT2D eigenvalue weighted by Crippen LogP contribution is -2.36. The second-order valence-electron chi connectivity index (χ2n) is 5.58. The second-order valence-corrected chi connectivity index (χ2v) is 5.98. The average molecular weight is 308 g/mol. The Labute approximate surface area is 129 Å². The zero-order valence-corrected chi connectivity index (χ0v) is 12.7. The highest BCUT2D eigenvalue weighted by molar-refractivity contribution is 6.32. The van der Waals surface area contributed by atoms with E-state index in [1.165, 1.54) is 0 Å². The van der Waals surface area contributed by atoms with E-state index in [0.717, 1.165) is 31.5 Å². The molecule has 21 heavy (non-hydrogen) atoms. The van der Waals surface area contributed by atoms with E-state index in [0.29, 0.717) is 22.4 Å². The first kappa shape index (κ1) is 14.3. The highest BCUT2D eigenvalue weighted by Gasteiger charge is 2.19. The zero-order valence-electron chi connectivity index (χ0n) is 12.0. The Kier molecular flexibility index (Phi) is 4.06. The van der Waals surface area contributed by atoms with Gasteiger partial charge in [-0.2, -0.15) is 0 Å². The second kappa shape index (κ2) is 5.98. The molecule has 1 saturated heterocycles. The lowest BCUT2D eigenvalue weighted by molar-refractivity contribution is -0.127. The number of ether oxygens (including phenoxy) is 2. The van der Waals surface area contributed by atoms with E-state index >= 15 is 0 Å². The molecule has 1 amide bonds. The maximum absolute atomic E-state index is 12.1. The third-order valence-electron chi connectivity index (χ3n) is 3.96. The number of hydrogen-bond acceptors (Lipinski definition) is 3. The SMILES string of the molecule is CC1CCN(C(=O)/C=C/c2cc(Cl)c3c(c2)OCO3)CC1. The fraction of sp³-hybridized carbons (Fsp3) is 0.438. The summed E-state index contributed by atoms with van der Waals surface area (Å²) in [5.74, 6) is 1.97. The third kappa shape index (κ3) is 3.16. The molecule has 0 unspecified atom stereocenters. The summed E-state index contributed by atoms with van der Waals surface area (Å²) >= 11 is 6.12. The normalized spacial score (nSPS) is 18.5. The molecule has 0 radical (unpaired) electrons. The Balaban J connectivity index is 1.68. The molecule has 2 aliphatic heterocycles. The summed E-state index contributed by atoms with van der Waals surface area (Å²) in [5, 5.41) is 0.504. The molecule has 0 aromatic heterocycles. The molecule has 1 aromatic carbocycles. The molecular formula is C16H18ClNO3. The summed E-state index contributed by atoms with van der Waals surface area (Å²) in [6.45, 7) is 4.10. The van der Waals surface area contributed by atoms with Crippen LogP contribution in [0.5, 0.6) is 11.5 Å². The summed E-state index contributed by atoms with van der Waals surface area (Å²) in [4.78, 5) is 14.0. The smallest absolute Gasteiger partial charge is 0.246 e. The predicted molar refractivity (Wildman–Crippen MR) is 81.6 cm³/mol. The van der Waals surface area contributed by atoms with Crippen LogP contribution in [-0.4, -0.2) is 30.7 Å². The molecule has 0 spiro atoms. The quantitative estimate of drug-likeness (QED) is 0.787. The largest absolute Gasteiger partial charge is 0.454 e. The number of carbonyl (C=O) groups excluding carboxylic acids is 1. The highest BCUT2D eigenvalue weighted by Crippen LogP contribution is 2.40. The van der Waals surface area contributed by atoms with Crippen molar-refractivity contribution in [1.82, 2.24) is 4.90 Å². The Morgan fingerprint density at radius 2 is 2.10 bits per heavy atom. The number of nitrogens with zero attached hydrogens (tertiary/aromatic N) is 1. The summed E-state index contributed by atoms with van der Waals surface area (Å²) in [6.07, 6.45) is 5.53. The van der Waals surface area contributed by atoms with E-state index in [1.54, 1.807) is 18.2 Å². The van der Waals surface area contributed by atoms with Gasteiger partial charge in [0.2, 0.25) is 12.7 Å². The molecule has 5 heteroatoms. The molecule has 0 bridgehead atoms. The lowest BCUT2D eigenvalue weighted by Gasteiger charge is -2.29. The number of fused-ring (bicyclic) bond motifs is 1. The van der Waals surface area contributed by atoms with Crippen molar-refractivity contribution in [3.8, 4) is 11.5 Å². The number of benzene rings is 1. The van der Waals surface area contributed by atoms with Gasteiger partial charge in [-0.25, -0.2) is 0 Å². The van der Waals surface area contributed by atoms with E-state index in [1.807, 2.05) is 11.0 Å². The molecular weight excluding hydrogens is 290 g/mol. The van der Waals surface area contributed by atoms with Gasteiger partial charge in [0.05, 0.1) is 5.02 Å². The van der Waals surface area contributed by atoms with Crippen LogP contribution in [0.2, 0.25) is 5.02 Å². The zero-order chi connectivity index (χ0) is 14.8. The predicted octanol–water partition coefficient (Wildman–Crippen LogP) is 3.34. The number of likely N-dealkylation sites (tertiary alicyclic amines) is 1. The van der Waals surface area contributed by atoms with E-state index in [-0.39, 0.29) is 12.7 Å². The Morgan fingerprint density at radius 1 is 1.33 bits per heavy atom. The van der Waals surface area contributed by atoms with Crippen molar-refractivity contribution in [2.24, 2.45) is 5.92 Å². The molecule has 0 atom stereocenters. The van der Waals surface area contributed by atoms with Crippen LogP contribution in [0.25, 0.3) is 6.08 Å². The van der Waals surface area contributed by atoms with Crippen LogP contribution in [-0.2, 0) is 4.79 Å². The van der Waals surface area contributed by atoms with Crippen molar-refractivity contribution < 1.29 is 14.3 Å². The van der Waals surface area contributed by atoms with Crippen LogP contribution >= 0.6 is 11.6 Å². The minimum atomic E-state index is 0.0516. The monoisotopic (exact) mass is 307 g/mol. The highest BCUT2D eigenvalue weighted by atomic mass is 35.5. The van der Waals surface area contributed by atoms with E-state index in [9.17, 15) is 4.79 Å². The summed E-state index contributed by atoms with van der Waals surface area (Å²) in [5.41, 5.74) is 0.836. The Bertz CT molecular complexity index is 577. The molecule has 2 heterocycles. The van der Waals surface area contributed by atoms with Crippen LogP contribution in [0, 0.1) is 5.92 Å². The van der Waals surface area contributed by atoms with E-state index in [4.69, 9.17) is 21.1 Å². The molecule has 2 aliphatic rings. The molecule has 0 aliphatic carbocycles. The molecule has 1 aromatic rings. The van der Waals surface area contributed by atoms with Gasteiger partial charge in [-0.15, -0.1) is 0 Å². The van der Waals surface area contributed by atoms with Gasteiger partial charge in [-0.1, -0.05) is 18.5 Å². The van der Waals surface area contributed by atoms with E-state index in [2.05, 4.69) is 6.92 Å². The topological polar surface area (TPSA) is 38.8 Å². The summed E-state index contributed by atoms with van der Waals surface area (Å²) in [6, 6.07) is 3.60. The van der Waals surface area contributed by atoms with Crippen molar-refractivity contribution in [2.45, 2.75) is 19.8 Å². The molecule has 0 N–H and O–H groups in total. The Hall–Kier alpha value is -1.68. The first-order valence-electron chi connectivity index (χ1n) is 7.19. The van der Waals surface area contributed by atoms with Gasteiger partial charge in [0.1, 0.15) is 0 Å². The van der Waals surface area contributed by atoms with Crippen molar-refractivity contribution in [3.05, 3.63) is 28.8 Å². The van der Waals surface area contributed by atoms with Gasteiger partial charge in [-0.3, -0.25) is 4.79 Å². The van der Waals surface area contributed by atoms with Crippen LogP contribution < -0.4 is 9.47 Å². The van der Waals surface area contributed by atoms with Crippen LogP contribution in [0.1, 0.15) is 25.3 Å². The van der Waals surface area contributed by atoms with Gasteiger partial charge >= 0.3 is 0 Å². The molecule has 112 valence electrons. The number of hydrogen-bond donors (Lipinski definition) is 0.